The standard InChI is InChI=1S/C17H24N2O3/c1-14(15-7-4-3-5-8-15)17(21)19-10-6-9-18(11-12-22-2)16(20)13-19/h3-5,7-8,14H,6,9-13H2,1-2H3/t14-/m1/s1. The van der Waals surface area contributed by atoms with Crippen molar-refractivity contribution in [3.8, 4) is 0 Å². The molecule has 1 heterocycles. The minimum Gasteiger partial charge on any atom is -0.383 e. The monoisotopic (exact) mass is 304 g/mol. The summed E-state index contributed by atoms with van der Waals surface area (Å²) in [6.07, 6.45) is 0.808. The topological polar surface area (TPSA) is 49.9 Å². The van der Waals surface area contributed by atoms with Crippen LogP contribution in [0, 0.1) is 0 Å². The second kappa shape index (κ2) is 7.94. The van der Waals surface area contributed by atoms with Crippen molar-refractivity contribution in [2.24, 2.45) is 0 Å². The highest BCUT2D eigenvalue weighted by molar-refractivity contribution is 5.88. The van der Waals surface area contributed by atoms with E-state index in [0.717, 1.165) is 12.0 Å². The van der Waals surface area contributed by atoms with Crippen LogP contribution in [0.25, 0.3) is 0 Å². The van der Waals surface area contributed by atoms with Crippen LogP contribution in [0.4, 0.5) is 0 Å². The molecule has 0 N–H and O–H groups in total. The van der Waals surface area contributed by atoms with Gasteiger partial charge in [0.05, 0.1) is 19.1 Å². The molecule has 0 saturated carbocycles. The molecule has 1 atom stereocenters. The van der Waals surface area contributed by atoms with Crippen molar-refractivity contribution in [2.75, 3.05) is 39.9 Å². The predicted molar refractivity (Wildman–Crippen MR) is 84.5 cm³/mol. The fourth-order valence-corrected chi connectivity index (χ4v) is 2.70. The predicted octanol–water partition coefficient (Wildman–Crippen LogP) is 1.50. The number of methoxy groups -OCH3 is 1. The van der Waals surface area contributed by atoms with Crippen LogP contribution in [0.1, 0.15) is 24.8 Å². The van der Waals surface area contributed by atoms with E-state index in [-0.39, 0.29) is 24.3 Å². The lowest BCUT2D eigenvalue weighted by molar-refractivity contribution is -0.139. The molecule has 0 aliphatic carbocycles. The smallest absolute Gasteiger partial charge is 0.242 e. The van der Waals surface area contributed by atoms with Crippen molar-refractivity contribution in [3.05, 3.63) is 35.9 Å². The molecule has 2 amide bonds. The van der Waals surface area contributed by atoms with Gasteiger partial charge in [0, 0.05) is 26.7 Å². The summed E-state index contributed by atoms with van der Waals surface area (Å²) >= 11 is 0. The molecule has 0 spiro atoms. The Balaban J connectivity index is 2.00. The van der Waals surface area contributed by atoms with E-state index in [1.54, 1.807) is 16.9 Å². The van der Waals surface area contributed by atoms with E-state index in [9.17, 15) is 9.59 Å². The number of carbonyl (C=O) groups is 2. The van der Waals surface area contributed by atoms with Crippen molar-refractivity contribution in [1.82, 2.24) is 9.80 Å². The number of benzene rings is 1. The third kappa shape index (κ3) is 4.07. The third-order valence-electron chi connectivity index (χ3n) is 4.08. The number of hydrogen-bond acceptors (Lipinski definition) is 3. The molecule has 1 saturated heterocycles. The molecule has 1 aliphatic rings. The Hall–Kier alpha value is -1.88. The van der Waals surface area contributed by atoms with Crippen LogP contribution < -0.4 is 0 Å². The average molecular weight is 304 g/mol. The molecule has 1 aliphatic heterocycles. The van der Waals surface area contributed by atoms with E-state index in [0.29, 0.717) is 26.2 Å². The highest BCUT2D eigenvalue weighted by Gasteiger charge is 2.27. The highest BCUT2D eigenvalue weighted by atomic mass is 16.5. The number of carbonyl (C=O) groups excluding carboxylic acids is 2. The van der Waals surface area contributed by atoms with Crippen LogP contribution in [0.15, 0.2) is 30.3 Å². The summed E-state index contributed by atoms with van der Waals surface area (Å²) in [5.41, 5.74) is 0.987. The van der Waals surface area contributed by atoms with Crippen LogP contribution in [0.2, 0.25) is 0 Å². The van der Waals surface area contributed by atoms with E-state index in [2.05, 4.69) is 0 Å². The van der Waals surface area contributed by atoms with Gasteiger partial charge in [0.1, 0.15) is 0 Å². The maximum Gasteiger partial charge on any atom is 0.242 e. The van der Waals surface area contributed by atoms with Gasteiger partial charge in [0.25, 0.3) is 0 Å². The zero-order chi connectivity index (χ0) is 15.9. The van der Waals surface area contributed by atoms with Gasteiger partial charge in [-0.2, -0.15) is 0 Å². The Morgan fingerprint density at radius 2 is 2.00 bits per heavy atom. The maximum absolute atomic E-state index is 12.6. The Morgan fingerprint density at radius 1 is 1.27 bits per heavy atom. The zero-order valence-electron chi connectivity index (χ0n) is 13.3. The minimum absolute atomic E-state index is 0.00293. The summed E-state index contributed by atoms with van der Waals surface area (Å²) in [5.74, 6) is -0.198. The molecular weight excluding hydrogens is 280 g/mol. The molecule has 1 fully saturated rings. The molecule has 0 aromatic heterocycles. The number of amides is 2. The summed E-state index contributed by atoms with van der Waals surface area (Å²) in [5, 5.41) is 0. The average Bonchev–Trinajstić information content (AvgIpc) is 2.74. The summed E-state index contributed by atoms with van der Waals surface area (Å²) in [7, 11) is 1.62. The van der Waals surface area contributed by atoms with Crippen molar-refractivity contribution < 1.29 is 14.3 Å². The molecule has 5 nitrogen and oxygen atoms in total. The van der Waals surface area contributed by atoms with Crippen molar-refractivity contribution in [3.63, 3.8) is 0 Å². The van der Waals surface area contributed by atoms with Gasteiger partial charge in [-0.1, -0.05) is 30.3 Å². The van der Waals surface area contributed by atoms with Gasteiger partial charge in [0.15, 0.2) is 0 Å². The molecule has 22 heavy (non-hydrogen) atoms. The number of hydrogen-bond donors (Lipinski definition) is 0. The fourth-order valence-electron chi connectivity index (χ4n) is 2.70. The largest absolute Gasteiger partial charge is 0.383 e. The van der Waals surface area contributed by atoms with E-state index >= 15 is 0 Å². The van der Waals surface area contributed by atoms with E-state index in [1.807, 2.05) is 37.3 Å². The first-order valence-electron chi connectivity index (χ1n) is 7.74. The molecule has 120 valence electrons. The van der Waals surface area contributed by atoms with Crippen LogP contribution in [-0.2, 0) is 14.3 Å². The molecule has 0 unspecified atom stereocenters. The summed E-state index contributed by atoms with van der Waals surface area (Å²) in [6, 6.07) is 9.70. The lowest BCUT2D eigenvalue weighted by atomic mass is 10.00. The quantitative estimate of drug-likeness (QED) is 0.828. The first-order chi connectivity index (χ1) is 10.6. The van der Waals surface area contributed by atoms with E-state index in [4.69, 9.17) is 4.74 Å². The summed E-state index contributed by atoms with van der Waals surface area (Å²) in [4.78, 5) is 28.4. The lowest BCUT2D eigenvalue weighted by Crippen LogP contribution is -2.41. The van der Waals surface area contributed by atoms with E-state index < -0.39 is 0 Å². The molecule has 1 aromatic carbocycles. The van der Waals surface area contributed by atoms with Gasteiger partial charge >= 0.3 is 0 Å². The number of ether oxygens (including phenoxy) is 1. The van der Waals surface area contributed by atoms with E-state index in [1.165, 1.54) is 0 Å². The fraction of sp³-hybridized carbons (Fsp3) is 0.529. The summed E-state index contributed by atoms with van der Waals surface area (Å²) in [6.45, 7) is 4.50. The van der Waals surface area contributed by atoms with Crippen molar-refractivity contribution >= 4 is 11.8 Å². The Bertz CT molecular complexity index is 504. The molecular formula is C17H24N2O3. The van der Waals surface area contributed by atoms with Gasteiger partial charge in [-0.05, 0) is 18.9 Å². The minimum atomic E-state index is -0.223. The first-order valence-corrected chi connectivity index (χ1v) is 7.74. The Labute approximate surface area is 131 Å². The van der Waals surface area contributed by atoms with Crippen LogP contribution in [-0.4, -0.2) is 61.5 Å². The van der Waals surface area contributed by atoms with Gasteiger partial charge in [-0.25, -0.2) is 0 Å². The molecule has 0 bridgehead atoms. The second-order valence-corrected chi connectivity index (χ2v) is 5.62. The van der Waals surface area contributed by atoms with Crippen LogP contribution in [0.3, 0.4) is 0 Å². The molecule has 0 radical (unpaired) electrons. The number of rotatable bonds is 5. The van der Waals surface area contributed by atoms with Gasteiger partial charge < -0.3 is 14.5 Å². The maximum atomic E-state index is 12.6. The molecule has 1 aromatic rings. The van der Waals surface area contributed by atoms with Crippen LogP contribution in [0.5, 0.6) is 0 Å². The van der Waals surface area contributed by atoms with Crippen molar-refractivity contribution in [2.45, 2.75) is 19.3 Å². The first kappa shape index (κ1) is 16.5. The third-order valence-corrected chi connectivity index (χ3v) is 4.08. The second-order valence-electron chi connectivity index (χ2n) is 5.62. The zero-order valence-corrected chi connectivity index (χ0v) is 13.3. The molecule has 5 heteroatoms. The van der Waals surface area contributed by atoms with Gasteiger partial charge in [0.2, 0.25) is 11.8 Å². The van der Waals surface area contributed by atoms with Crippen LogP contribution >= 0.6 is 0 Å². The Morgan fingerprint density at radius 3 is 2.68 bits per heavy atom. The summed E-state index contributed by atoms with van der Waals surface area (Å²) < 4.78 is 5.03. The SMILES string of the molecule is COCCN1CCCN(C(=O)[C@H](C)c2ccccc2)CC1=O. The number of nitrogens with zero attached hydrogens (tertiary/aromatic N) is 2. The Kier molecular flexibility index (Phi) is 5.95. The normalized spacial score (nSPS) is 17.3. The van der Waals surface area contributed by atoms with Gasteiger partial charge in [-0.3, -0.25) is 9.59 Å². The van der Waals surface area contributed by atoms with Crippen molar-refractivity contribution in [1.29, 1.82) is 0 Å². The lowest BCUT2D eigenvalue weighted by Gasteiger charge is -2.24. The van der Waals surface area contributed by atoms with Gasteiger partial charge in [-0.15, -0.1) is 0 Å². The molecule has 2 rings (SSSR count). The highest BCUT2D eigenvalue weighted by Crippen LogP contribution is 2.19.